The molecule has 0 spiro atoms. The molecule has 3 aromatic carbocycles. The molecule has 3 rings (SSSR count). The summed E-state index contributed by atoms with van der Waals surface area (Å²) in [5.74, 6) is -0.358. The van der Waals surface area contributed by atoms with Crippen LogP contribution >= 0.6 is 15.9 Å². The van der Waals surface area contributed by atoms with Crippen LogP contribution in [0.3, 0.4) is 0 Å². The van der Waals surface area contributed by atoms with Crippen molar-refractivity contribution in [2.24, 2.45) is 0 Å². The van der Waals surface area contributed by atoms with Crippen molar-refractivity contribution in [2.75, 3.05) is 11.1 Å². The van der Waals surface area contributed by atoms with E-state index in [0.29, 0.717) is 16.7 Å². The van der Waals surface area contributed by atoms with E-state index < -0.39 is 0 Å². The summed E-state index contributed by atoms with van der Waals surface area (Å²) in [6.07, 6.45) is 0. The Morgan fingerprint density at radius 2 is 1.81 bits per heavy atom. The zero-order valence-corrected chi connectivity index (χ0v) is 12.8. The number of halogens is 2. The van der Waals surface area contributed by atoms with Crippen molar-refractivity contribution in [1.29, 1.82) is 0 Å². The highest BCUT2D eigenvalue weighted by molar-refractivity contribution is 9.10. The third-order valence-electron chi connectivity index (χ3n) is 3.44. The largest absolute Gasteiger partial charge is 0.397 e. The topological polar surface area (TPSA) is 38.0 Å². The predicted molar refractivity (Wildman–Crippen MR) is 89.8 cm³/mol. The fourth-order valence-corrected chi connectivity index (χ4v) is 2.70. The molecule has 0 amide bonds. The summed E-state index contributed by atoms with van der Waals surface area (Å²) in [5.41, 5.74) is 8.14. The molecule has 0 saturated heterocycles. The molecule has 0 radical (unpaired) electrons. The quantitative estimate of drug-likeness (QED) is 0.660. The molecular weight excluding hydrogens is 331 g/mol. The molecule has 0 aliphatic rings. The molecule has 21 heavy (non-hydrogen) atoms. The van der Waals surface area contributed by atoms with Crippen LogP contribution in [0.5, 0.6) is 0 Å². The van der Waals surface area contributed by atoms with Crippen LogP contribution in [0.1, 0.15) is 5.56 Å². The number of nitrogens with two attached hydrogens (primary N) is 1. The Balaban J connectivity index is 1.89. The van der Waals surface area contributed by atoms with Gasteiger partial charge in [0.25, 0.3) is 0 Å². The van der Waals surface area contributed by atoms with Gasteiger partial charge in [-0.1, -0.05) is 42.5 Å². The zero-order valence-electron chi connectivity index (χ0n) is 11.2. The van der Waals surface area contributed by atoms with Crippen LogP contribution < -0.4 is 11.1 Å². The first kappa shape index (κ1) is 13.9. The zero-order chi connectivity index (χ0) is 14.8. The van der Waals surface area contributed by atoms with Gasteiger partial charge < -0.3 is 11.1 Å². The number of hydrogen-bond donors (Lipinski definition) is 2. The van der Waals surface area contributed by atoms with Gasteiger partial charge in [-0.25, -0.2) is 4.39 Å². The summed E-state index contributed by atoms with van der Waals surface area (Å²) in [6, 6.07) is 17.4. The minimum Gasteiger partial charge on any atom is -0.397 e. The maximum Gasteiger partial charge on any atom is 0.139 e. The van der Waals surface area contributed by atoms with Gasteiger partial charge >= 0.3 is 0 Å². The Morgan fingerprint density at radius 1 is 1.05 bits per heavy atom. The summed E-state index contributed by atoms with van der Waals surface area (Å²) in [6.45, 7) is 0.629. The molecule has 0 bridgehead atoms. The fourth-order valence-electron chi connectivity index (χ4n) is 2.35. The average molecular weight is 345 g/mol. The SMILES string of the molecule is Nc1cc(F)c(Br)cc1NCc1cccc2ccccc12. The maximum absolute atomic E-state index is 13.4. The maximum atomic E-state index is 13.4. The van der Waals surface area contributed by atoms with E-state index in [1.165, 1.54) is 22.4 Å². The Hall–Kier alpha value is -2.07. The van der Waals surface area contributed by atoms with Crippen LogP contribution in [0.4, 0.5) is 15.8 Å². The normalized spacial score (nSPS) is 10.8. The van der Waals surface area contributed by atoms with E-state index in [1.807, 2.05) is 18.2 Å². The van der Waals surface area contributed by atoms with E-state index in [2.05, 4.69) is 45.5 Å². The molecule has 3 N–H and O–H groups in total. The van der Waals surface area contributed by atoms with Crippen molar-refractivity contribution in [1.82, 2.24) is 0 Å². The molecule has 3 aromatic rings. The van der Waals surface area contributed by atoms with Crippen LogP contribution in [-0.2, 0) is 6.54 Å². The van der Waals surface area contributed by atoms with Gasteiger partial charge in [-0.05, 0) is 38.3 Å². The summed E-state index contributed by atoms with van der Waals surface area (Å²) in [5, 5.41) is 5.67. The first-order valence-corrected chi connectivity index (χ1v) is 7.39. The molecule has 0 fully saturated rings. The molecule has 0 aliphatic carbocycles. The van der Waals surface area contributed by atoms with E-state index in [0.717, 1.165) is 5.69 Å². The van der Waals surface area contributed by atoms with Gasteiger partial charge in [0, 0.05) is 12.6 Å². The van der Waals surface area contributed by atoms with Gasteiger partial charge in [-0.2, -0.15) is 0 Å². The highest BCUT2D eigenvalue weighted by atomic mass is 79.9. The van der Waals surface area contributed by atoms with Crippen LogP contribution in [0, 0.1) is 5.82 Å². The van der Waals surface area contributed by atoms with Gasteiger partial charge in [-0.3, -0.25) is 0 Å². The van der Waals surface area contributed by atoms with Crippen LogP contribution in [0.2, 0.25) is 0 Å². The lowest BCUT2D eigenvalue weighted by atomic mass is 10.0. The lowest BCUT2D eigenvalue weighted by molar-refractivity contribution is 0.622. The van der Waals surface area contributed by atoms with Gasteiger partial charge in [-0.15, -0.1) is 0 Å². The second kappa shape index (κ2) is 5.74. The third-order valence-corrected chi connectivity index (χ3v) is 4.05. The standard InChI is InChI=1S/C17H14BrFN2/c18-14-8-17(16(20)9-15(14)19)21-10-12-6-3-5-11-4-1-2-7-13(11)12/h1-9,21H,10,20H2. The number of fused-ring (bicyclic) bond motifs is 1. The van der Waals surface area contributed by atoms with Crippen molar-refractivity contribution in [3.63, 3.8) is 0 Å². The lowest BCUT2D eigenvalue weighted by Crippen LogP contribution is -2.03. The Bertz CT molecular complexity index is 797. The van der Waals surface area contributed by atoms with E-state index in [1.54, 1.807) is 6.07 Å². The van der Waals surface area contributed by atoms with Crippen molar-refractivity contribution < 1.29 is 4.39 Å². The summed E-state index contributed by atoms with van der Waals surface area (Å²) in [7, 11) is 0. The number of benzene rings is 3. The summed E-state index contributed by atoms with van der Waals surface area (Å²) >= 11 is 3.18. The third kappa shape index (κ3) is 2.85. The predicted octanol–water partition coefficient (Wildman–Crippen LogP) is 4.94. The molecule has 0 saturated carbocycles. The van der Waals surface area contributed by atoms with Crippen molar-refractivity contribution in [3.8, 4) is 0 Å². The number of hydrogen-bond acceptors (Lipinski definition) is 2. The second-order valence-electron chi connectivity index (χ2n) is 4.85. The summed E-state index contributed by atoms with van der Waals surface area (Å²) in [4.78, 5) is 0. The molecule has 4 heteroatoms. The van der Waals surface area contributed by atoms with Crippen LogP contribution in [-0.4, -0.2) is 0 Å². The van der Waals surface area contributed by atoms with E-state index in [-0.39, 0.29) is 5.82 Å². The molecule has 106 valence electrons. The van der Waals surface area contributed by atoms with Crippen LogP contribution in [0.25, 0.3) is 10.8 Å². The highest BCUT2D eigenvalue weighted by Gasteiger charge is 2.06. The molecule has 2 nitrogen and oxygen atoms in total. The first-order chi connectivity index (χ1) is 10.1. The van der Waals surface area contributed by atoms with Gasteiger partial charge in [0.1, 0.15) is 5.82 Å². The number of anilines is 2. The Labute approximate surface area is 130 Å². The second-order valence-corrected chi connectivity index (χ2v) is 5.70. The van der Waals surface area contributed by atoms with Gasteiger partial charge in [0.2, 0.25) is 0 Å². The van der Waals surface area contributed by atoms with Gasteiger partial charge in [0.05, 0.1) is 15.8 Å². The average Bonchev–Trinajstić information content (AvgIpc) is 2.49. The van der Waals surface area contributed by atoms with E-state index in [9.17, 15) is 4.39 Å². The molecule has 0 unspecified atom stereocenters. The molecule has 0 heterocycles. The van der Waals surface area contributed by atoms with Crippen LogP contribution in [0.15, 0.2) is 59.1 Å². The summed E-state index contributed by atoms with van der Waals surface area (Å²) < 4.78 is 13.8. The van der Waals surface area contributed by atoms with Crippen molar-refractivity contribution in [3.05, 3.63) is 70.5 Å². The van der Waals surface area contributed by atoms with Crippen molar-refractivity contribution >= 4 is 38.1 Å². The minimum absolute atomic E-state index is 0.358. The van der Waals surface area contributed by atoms with Crippen molar-refractivity contribution in [2.45, 2.75) is 6.54 Å². The monoisotopic (exact) mass is 344 g/mol. The Morgan fingerprint density at radius 3 is 2.67 bits per heavy atom. The molecule has 0 aromatic heterocycles. The lowest BCUT2D eigenvalue weighted by Gasteiger charge is -2.12. The highest BCUT2D eigenvalue weighted by Crippen LogP contribution is 2.27. The molecule has 0 aliphatic heterocycles. The first-order valence-electron chi connectivity index (χ1n) is 6.60. The number of rotatable bonds is 3. The minimum atomic E-state index is -0.358. The molecular formula is C17H14BrFN2. The number of nitrogen functional groups attached to an aromatic ring is 1. The van der Waals surface area contributed by atoms with E-state index in [4.69, 9.17) is 5.73 Å². The fraction of sp³-hybridized carbons (Fsp3) is 0.0588. The molecule has 0 atom stereocenters. The van der Waals surface area contributed by atoms with Gasteiger partial charge in [0.15, 0.2) is 0 Å². The smallest absolute Gasteiger partial charge is 0.139 e. The number of nitrogens with one attached hydrogen (secondary N) is 1. The Kier molecular flexibility index (Phi) is 3.80. The van der Waals surface area contributed by atoms with E-state index >= 15 is 0 Å².